The Bertz CT molecular complexity index is 2550. The van der Waals surface area contributed by atoms with Gasteiger partial charge in [-0.25, -0.2) is 0 Å². The maximum atomic E-state index is 14.6. The zero-order chi connectivity index (χ0) is 42.5. The summed E-state index contributed by atoms with van der Waals surface area (Å²) in [6, 6.07) is 50.0. The maximum Gasteiger partial charge on any atom is 0.406 e. The Kier molecular flexibility index (Phi) is 13.0. The number of fused-ring (bicyclic) bond motifs is 2. The molecule has 0 spiro atoms. The van der Waals surface area contributed by atoms with E-state index in [-0.39, 0.29) is 14.0 Å². The van der Waals surface area contributed by atoms with Crippen molar-refractivity contribution >= 4 is 90.7 Å². The molecule has 8 aromatic rings. The molecule has 8 heteroatoms. The lowest BCUT2D eigenvalue weighted by atomic mass is 9.59. The topological polar surface area (TPSA) is 94.2 Å². The summed E-state index contributed by atoms with van der Waals surface area (Å²) >= 11 is 0. The van der Waals surface area contributed by atoms with Gasteiger partial charge in [0.25, 0.3) is 0 Å². The lowest BCUT2D eigenvalue weighted by Gasteiger charge is -2.62. The summed E-state index contributed by atoms with van der Waals surface area (Å²) in [6.45, 7) is 15.5. The van der Waals surface area contributed by atoms with Crippen LogP contribution in [0.25, 0.3) is 43.1 Å². The molecular weight excluding hydrogens is 734 g/mol. The second-order valence-electron chi connectivity index (χ2n) is 14.4. The zero-order valence-corrected chi connectivity index (χ0v) is 36.1. The second kappa shape index (κ2) is 18.5. The first-order chi connectivity index (χ1) is 29.6. The van der Waals surface area contributed by atoms with Gasteiger partial charge < -0.3 is 31.1 Å². The molecule has 60 heavy (non-hydrogen) atoms. The SMILES string of the molecule is CC.CC.CC.CC.[O-]C1C(c2ccc3cccc4c3c2NB(c2cccc3ccccc23)N4)C([O-])C1c1ccc2cccc3c2c1NB(c1cccc2ccccc12)N3. The van der Waals surface area contributed by atoms with Crippen molar-refractivity contribution in [2.24, 2.45) is 0 Å². The smallest absolute Gasteiger partial charge is 0.406 e. The summed E-state index contributed by atoms with van der Waals surface area (Å²) in [5, 5.41) is 53.1. The third-order valence-electron chi connectivity index (χ3n) is 11.7. The molecule has 0 unspecified atom stereocenters. The minimum Gasteiger partial charge on any atom is -0.851 e. The van der Waals surface area contributed by atoms with Crippen molar-refractivity contribution in [3.8, 4) is 0 Å². The number of nitrogens with one attached hydrogen (secondary N) is 4. The van der Waals surface area contributed by atoms with E-state index < -0.39 is 24.0 Å². The highest BCUT2D eigenvalue weighted by atomic mass is 16.3. The Morgan fingerprint density at radius 3 is 1.13 bits per heavy atom. The van der Waals surface area contributed by atoms with E-state index in [9.17, 15) is 10.2 Å². The van der Waals surface area contributed by atoms with Gasteiger partial charge >= 0.3 is 14.0 Å². The number of rotatable bonds is 4. The van der Waals surface area contributed by atoms with Crippen LogP contribution in [0.5, 0.6) is 0 Å². The normalized spacial score (nSPS) is 18.0. The minimum absolute atomic E-state index is 0.234. The van der Waals surface area contributed by atoms with Gasteiger partial charge in [-0.15, -0.1) is 12.2 Å². The van der Waals surface area contributed by atoms with E-state index in [0.717, 1.165) is 87.9 Å². The molecule has 3 aliphatic rings. The van der Waals surface area contributed by atoms with Gasteiger partial charge in [0.1, 0.15) is 0 Å². The monoisotopic (exact) mass is 790 g/mol. The lowest BCUT2D eigenvalue weighted by Crippen LogP contribution is -2.64. The average Bonchev–Trinajstić information content (AvgIpc) is 3.33. The fraction of sp³-hybridized carbons (Fsp3) is 0.231. The molecule has 1 aliphatic carbocycles. The zero-order valence-electron chi connectivity index (χ0n) is 36.1. The molecule has 304 valence electrons. The molecule has 0 saturated heterocycles. The van der Waals surface area contributed by atoms with Crippen molar-refractivity contribution in [3.05, 3.63) is 157 Å². The standard InChI is InChI=1S/C44H32B2N4O2.4C2H6/c51-43-39(31-23-21-27-13-7-19-35-37(27)41(31)49-45(47-35)33-17-5-11-25-9-1-3-15-29(25)33)44(52)40(43)32-24-22-28-14-8-20-36-38(28)42(32)50-46(48-36)34-18-6-12-26-10-2-4-16-30(26)34;4*1-2/h1-24,39-40,43-44,47-50H;4*1-2H3/q-2;;;;. The van der Waals surface area contributed by atoms with E-state index in [0.29, 0.717) is 0 Å². The van der Waals surface area contributed by atoms with Crippen LogP contribution in [0.4, 0.5) is 22.7 Å². The van der Waals surface area contributed by atoms with Gasteiger partial charge in [0.2, 0.25) is 0 Å². The lowest BCUT2D eigenvalue weighted by molar-refractivity contribution is -0.535. The minimum atomic E-state index is -1.11. The van der Waals surface area contributed by atoms with Crippen LogP contribution in [0.3, 0.4) is 0 Å². The first-order valence-electron chi connectivity index (χ1n) is 22.1. The van der Waals surface area contributed by atoms with Crippen LogP contribution < -0.4 is 42.0 Å². The van der Waals surface area contributed by atoms with Crippen molar-refractivity contribution in [2.45, 2.75) is 79.4 Å². The fourth-order valence-electron chi connectivity index (χ4n) is 9.27. The molecule has 8 aromatic carbocycles. The van der Waals surface area contributed by atoms with Gasteiger partial charge in [-0.3, -0.25) is 0 Å². The van der Waals surface area contributed by atoms with E-state index in [1.165, 1.54) is 0 Å². The molecule has 2 aliphatic heterocycles. The van der Waals surface area contributed by atoms with Crippen molar-refractivity contribution in [3.63, 3.8) is 0 Å². The molecule has 6 nitrogen and oxygen atoms in total. The average molecular weight is 791 g/mol. The van der Waals surface area contributed by atoms with E-state index in [2.05, 4.69) is 154 Å². The quantitative estimate of drug-likeness (QED) is 0.133. The van der Waals surface area contributed by atoms with E-state index in [1.807, 2.05) is 67.5 Å². The van der Waals surface area contributed by atoms with Crippen molar-refractivity contribution < 1.29 is 10.2 Å². The molecule has 1 fully saturated rings. The first kappa shape index (κ1) is 42.2. The predicted octanol–water partition coefficient (Wildman–Crippen LogP) is 10.2. The van der Waals surface area contributed by atoms with Gasteiger partial charge in [0, 0.05) is 33.5 Å². The van der Waals surface area contributed by atoms with Gasteiger partial charge in [0.05, 0.1) is 0 Å². The van der Waals surface area contributed by atoms with E-state index in [1.54, 1.807) is 0 Å². The summed E-state index contributed by atoms with van der Waals surface area (Å²) in [5.74, 6) is -1.38. The van der Waals surface area contributed by atoms with Crippen LogP contribution >= 0.6 is 0 Å². The van der Waals surface area contributed by atoms with Gasteiger partial charge in [-0.2, -0.15) is 0 Å². The third-order valence-corrected chi connectivity index (χ3v) is 11.7. The van der Waals surface area contributed by atoms with Crippen LogP contribution in [-0.2, 0) is 0 Å². The molecule has 0 amide bonds. The van der Waals surface area contributed by atoms with Crippen LogP contribution in [0.1, 0.15) is 78.4 Å². The number of anilines is 4. The van der Waals surface area contributed by atoms with E-state index >= 15 is 0 Å². The summed E-state index contributed by atoms with van der Waals surface area (Å²) in [6.07, 6.45) is -2.21. The van der Waals surface area contributed by atoms with Crippen molar-refractivity contribution in [1.29, 1.82) is 0 Å². The molecule has 11 rings (SSSR count). The Morgan fingerprint density at radius 2 is 0.717 bits per heavy atom. The maximum absolute atomic E-state index is 14.6. The van der Waals surface area contributed by atoms with Crippen molar-refractivity contribution in [1.82, 2.24) is 0 Å². The Hall–Kier alpha value is -5.95. The summed E-state index contributed by atoms with van der Waals surface area (Å²) in [7, 11) is 0. The predicted molar refractivity (Wildman–Crippen MR) is 260 cm³/mol. The summed E-state index contributed by atoms with van der Waals surface area (Å²) < 4.78 is 0. The second-order valence-corrected chi connectivity index (χ2v) is 14.4. The Balaban J connectivity index is 0.000000645. The van der Waals surface area contributed by atoms with Crippen LogP contribution in [0.15, 0.2) is 146 Å². The molecule has 4 N–H and O–H groups in total. The molecule has 2 heterocycles. The van der Waals surface area contributed by atoms with E-state index in [4.69, 9.17) is 0 Å². The molecule has 0 atom stereocenters. The largest absolute Gasteiger partial charge is 0.851 e. The van der Waals surface area contributed by atoms with Gasteiger partial charge in [-0.05, 0) is 78.3 Å². The van der Waals surface area contributed by atoms with Crippen LogP contribution in [0.2, 0.25) is 0 Å². The number of benzene rings is 8. The highest BCUT2D eigenvalue weighted by molar-refractivity contribution is 6.82. The Morgan fingerprint density at radius 1 is 0.367 bits per heavy atom. The fourth-order valence-corrected chi connectivity index (χ4v) is 9.27. The molecule has 0 radical (unpaired) electrons. The number of hydrogen-bond donors (Lipinski definition) is 4. The molecule has 0 aromatic heterocycles. The first-order valence-corrected chi connectivity index (χ1v) is 22.1. The van der Waals surface area contributed by atoms with Gasteiger partial charge in [0.15, 0.2) is 0 Å². The highest BCUT2D eigenvalue weighted by Crippen LogP contribution is 2.53. The number of hydrogen-bond acceptors (Lipinski definition) is 6. The molecule has 0 bridgehead atoms. The summed E-state index contributed by atoms with van der Waals surface area (Å²) in [4.78, 5) is 0. The van der Waals surface area contributed by atoms with Gasteiger partial charge in [-0.1, -0.05) is 189 Å². The highest BCUT2D eigenvalue weighted by Gasteiger charge is 2.43. The van der Waals surface area contributed by atoms with Crippen LogP contribution in [0, 0.1) is 0 Å². The molecule has 1 saturated carbocycles. The summed E-state index contributed by atoms with van der Waals surface area (Å²) in [5.41, 5.74) is 7.61. The molecular formula is C52H56B2N4O2-2. The van der Waals surface area contributed by atoms with Crippen LogP contribution in [-0.4, -0.2) is 26.2 Å². The Labute approximate surface area is 356 Å². The van der Waals surface area contributed by atoms with Crippen molar-refractivity contribution in [2.75, 3.05) is 20.9 Å². The third kappa shape index (κ3) is 7.12.